The molecule has 0 saturated carbocycles. The highest BCUT2D eigenvalue weighted by atomic mass is 19.3. The largest absolute Gasteiger partial charge is 0.360 e. The summed E-state index contributed by atoms with van der Waals surface area (Å²) in [5, 5.41) is 3.45. The minimum atomic E-state index is -2.64. The molecule has 0 aliphatic carbocycles. The molecule has 1 atom stereocenters. The van der Waals surface area contributed by atoms with Gasteiger partial charge in [0.2, 0.25) is 0 Å². The second-order valence-electron chi connectivity index (χ2n) is 11.1. The number of imidazole rings is 1. The van der Waals surface area contributed by atoms with Crippen LogP contribution in [0, 0.1) is 5.82 Å². The van der Waals surface area contributed by atoms with Crippen molar-refractivity contribution >= 4 is 22.3 Å². The van der Waals surface area contributed by atoms with Gasteiger partial charge < -0.3 is 15.2 Å². The molecular weight excluding hydrogens is 541 g/mol. The summed E-state index contributed by atoms with van der Waals surface area (Å²) in [5.74, 6) is -2.33. The molecule has 4 aromatic heterocycles. The third kappa shape index (κ3) is 4.11. The van der Waals surface area contributed by atoms with Crippen molar-refractivity contribution in [1.29, 1.82) is 0 Å². The summed E-state index contributed by atoms with van der Waals surface area (Å²) in [6.45, 7) is 0.525. The van der Waals surface area contributed by atoms with Crippen LogP contribution in [0.15, 0.2) is 73.1 Å². The average molecular weight is 567 g/mol. The quantitative estimate of drug-likeness (QED) is 0.283. The van der Waals surface area contributed by atoms with Crippen molar-refractivity contribution in [1.82, 2.24) is 35.1 Å². The van der Waals surface area contributed by atoms with Crippen molar-refractivity contribution < 1.29 is 13.2 Å². The molecule has 0 radical (unpaired) electrons. The fourth-order valence-electron chi connectivity index (χ4n) is 6.07. The number of likely N-dealkylation sites (N-methyl/N-ethyl adjacent to an activating group) is 1. The zero-order chi connectivity index (χ0) is 28.6. The van der Waals surface area contributed by atoms with Crippen LogP contribution < -0.4 is 10.2 Å². The van der Waals surface area contributed by atoms with E-state index in [9.17, 15) is 13.2 Å². The Morgan fingerprint density at radius 1 is 1.00 bits per heavy atom. The van der Waals surface area contributed by atoms with Crippen LogP contribution in [0.2, 0.25) is 0 Å². The molecule has 0 spiro atoms. The Bertz CT molecular complexity index is 1920. The topological polar surface area (TPSA) is 95.8 Å². The lowest BCUT2D eigenvalue weighted by Gasteiger charge is -2.25. The standard InChI is InChI=1S/C31H25F3N8/c1-41-25-14-37-23(18-8-17(10-35-11-18)15-42-7-6-31(33,34)16-42)9-20(25)26(28-30(41)40-28)29-38-24-13-36-12-21(27(24)39-29)19-4-2-3-5-22(19)32/h2-5,8-14,30,40H,6-7,15-16H2,1H3,(H,38,39). The Labute approximate surface area is 239 Å². The summed E-state index contributed by atoms with van der Waals surface area (Å²) in [6.07, 6.45) is 8.53. The Morgan fingerprint density at radius 3 is 2.69 bits per heavy atom. The van der Waals surface area contributed by atoms with Crippen molar-refractivity contribution in [3.8, 4) is 22.4 Å². The van der Waals surface area contributed by atoms with Gasteiger partial charge >= 0.3 is 0 Å². The van der Waals surface area contributed by atoms with Gasteiger partial charge in [-0.15, -0.1) is 0 Å². The van der Waals surface area contributed by atoms with E-state index < -0.39 is 5.92 Å². The predicted molar refractivity (Wildman–Crippen MR) is 153 cm³/mol. The molecule has 3 aliphatic rings. The molecule has 0 bridgehead atoms. The number of likely N-dealkylation sites (tertiary alicyclic amines) is 1. The summed E-state index contributed by atoms with van der Waals surface area (Å²) in [7, 11) is 2.01. The van der Waals surface area contributed by atoms with E-state index in [0.29, 0.717) is 46.8 Å². The van der Waals surface area contributed by atoms with Crippen molar-refractivity contribution in [2.45, 2.75) is 25.1 Å². The number of hydrogen-bond acceptors (Lipinski definition) is 7. The summed E-state index contributed by atoms with van der Waals surface area (Å²) < 4.78 is 42.2. The summed E-state index contributed by atoms with van der Waals surface area (Å²) in [4.78, 5) is 25.7. The zero-order valence-electron chi connectivity index (χ0n) is 22.6. The molecule has 8 rings (SSSR count). The number of hydrogen-bond donors (Lipinski definition) is 2. The summed E-state index contributed by atoms with van der Waals surface area (Å²) in [6, 6.07) is 10.6. The molecule has 3 aliphatic heterocycles. The van der Waals surface area contributed by atoms with Gasteiger partial charge in [0.15, 0.2) is 0 Å². The van der Waals surface area contributed by atoms with Gasteiger partial charge in [-0.2, -0.15) is 0 Å². The van der Waals surface area contributed by atoms with E-state index in [4.69, 9.17) is 9.97 Å². The number of halogens is 3. The molecule has 2 N–H and O–H groups in total. The number of pyridine rings is 3. The van der Waals surface area contributed by atoms with Crippen LogP contribution in [0.5, 0.6) is 0 Å². The third-order valence-corrected chi connectivity index (χ3v) is 8.21. The van der Waals surface area contributed by atoms with Crippen LogP contribution in [0.3, 0.4) is 0 Å². The fourth-order valence-corrected chi connectivity index (χ4v) is 6.07. The Hall–Kier alpha value is -4.77. The van der Waals surface area contributed by atoms with E-state index in [1.165, 1.54) is 6.07 Å². The molecule has 2 fully saturated rings. The molecule has 0 amide bonds. The lowest BCUT2D eigenvalue weighted by atomic mass is 9.97. The van der Waals surface area contributed by atoms with Gasteiger partial charge in [-0.1, -0.05) is 18.2 Å². The molecule has 8 nitrogen and oxygen atoms in total. The molecule has 7 heterocycles. The van der Waals surface area contributed by atoms with Gasteiger partial charge in [0, 0.05) is 73.0 Å². The Morgan fingerprint density at radius 2 is 1.86 bits per heavy atom. The number of anilines is 1. The van der Waals surface area contributed by atoms with Crippen molar-refractivity contribution in [2.24, 2.45) is 0 Å². The SMILES string of the molecule is CN1c2cnc(-c3cncc(CN4CCC(F)(F)C4)c3)cc2C(c2nc3c(-c4ccccc4F)cncc3[nH]2)=C2NC21. The van der Waals surface area contributed by atoms with Gasteiger partial charge in [0.1, 0.15) is 23.3 Å². The van der Waals surface area contributed by atoms with E-state index in [2.05, 4.69) is 25.2 Å². The van der Waals surface area contributed by atoms with Gasteiger partial charge in [-0.25, -0.2) is 18.2 Å². The first-order valence-electron chi connectivity index (χ1n) is 13.7. The Kier molecular flexibility index (Phi) is 5.42. The van der Waals surface area contributed by atoms with Crippen molar-refractivity contribution in [2.75, 3.05) is 25.0 Å². The normalized spacial score (nSPS) is 19.1. The van der Waals surface area contributed by atoms with E-state index in [-0.39, 0.29) is 24.9 Å². The molecule has 5 aromatic rings. The number of aromatic nitrogens is 5. The number of rotatable bonds is 5. The lowest BCUT2D eigenvalue weighted by molar-refractivity contribution is 0.0115. The van der Waals surface area contributed by atoms with Crippen LogP contribution >= 0.6 is 0 Å². The maximum absolute atomic E-state index is 14.7. The van der Waals surface area contributed by atoms with Crippen LogP contribution in [-0.4, -0.2) is 62.0 Å². The molecular formula is C31H25F3N8. The highest BCUT2D eigenvalue weighted by Gasteiger charge is 2.43. The number of nitrogens with zero attached hydrogens (tertiary/aromatic N) is 6. The minimum Gasteiger partial charge on any atom is -0.360 e. The number of nitrogens with one attached hydrogen (secondary N) is 2. The second kappa shape index (κ2) is 9.12. The van der Waals surface area contributed by atoms with E-state index >= 15 is 0 Å². The van der Waals surface area contributed by atoms with E-state index in [0.717, 1.165) is 33.6 Å². The monoisotopic (exact) mass is 566 g/mol. The molecule has 1 aromatic carbocycles. The maximum atomic E-state index is 14.7. The Balaban J connectivity index is 1.19. The average Bonchev–Trinajstić information content (AvgIpc) is 3.54. The highest BCUT2D eigenvalue weighted by molar-refractivity contribution is 5.97. The number of benzene rings is 1. The first-order valence-corrected chi connectivity index (χ1v) is 13.7. The van der Waals surface area contributed by atoms with E-state index in [1.54, 1.807) is 47.9 Å². The van der Waals surface area contributed by atoms with Crippen LogP contribution in [0.4, 0.5) is 18.9 Å². The molecule has 1 unspecified atom stereocenters. The number of aromatic amines is 1. The van der Waals surface area contributed by atoms with Gasteiger partial charge in [-0.3, -0.25) is 19.9 Å². The minimum absolute atomic E-state index is 0.0288. The van der Waals surface area contributed by atoms with Gasteiger partial charge in [-0.05, 0) is 23.8 Å². The second-order valence-corrected chi connectivity index (χ2v) is 11.1. The maximum Gasteiger partial charge on any atom is 0.261 e. The first kappa shape index (κ1) is 25.0. The summed E-state index contributed by atoms with van der Waals surface area (Å²) >= 11 is 0. The zero-order valence-corrected chi connectivity index (χ0v) is 22.6. The van der Waals surface area contributed by atoms with E-state index in [1.807, 2.05) is 25.4 Å². The van der Waals surface area contributed by atoms with Crippen LogP contribution in [0.25, 0.3) is 39.0 Å². The molecule has 11 heteroatoms. The lowest BCUT2D eigenvalue weighted by Crippen LogP contribution is -2.26. The number of alkyl halides is 2. The third-order valence-electron chi connectivity index (χ3n) is 8.21. The molecule has 42 heavy (non-hydrogen) atoms. The summed E-state index contributed by atoms with van der Waals surface area (Å²) in [5.41, 5.74) is 8.57. The predicted octanol–water partition coefficient (Wildman–Crippen LogP) is 5.20. The van der Waals surface area contributed by atoms with Crippen LogP contribution in [-0.2, 0) is 6.54 Å². The smallest absolute Gasteiger partial charge is 0.261 e. The van der Waals surface area contributed by atoms with Gasteiger partial charge in [0.05, 0.1) is 41.5 Å². The first-order chi connectivity index (χ1) is 20.3. The number of H-pyrrole nitrogens is 1. The fraction of sp³-hybridized carbons (Fsp3) is 0.226. The number of fused-ring (bicyclic) bond motifs is 3. The molecule has 210 valence electrons. The highest BCUT2D eigenvalue weighted by Crippen LogP contribution is 2.45. The van der Waals surface area contributed by atoms with Crippen LogP contribution in [0.1, 0.15) is 23.4 Å². The van der Waals surface area contributed by atoms with Crippen molar-refractivity contribution in [3.63, 3.8) is 0 Å². The van der Waals surface area contributed by atoms with Gasteiger partial charge in [0.25, 0.3) is 5.92 Å². The molecule has 2 saturated heterocycles. The van der Waals surface area contributed by atoms with Crippen molar-refractivity contribution in [3.05, 3.63) is 95.8 Å².